The minimum Gasteiger partial charge on any atom is -0.395 e. The topological polar surface area (TPSA) is 65.5 Å². The number of nitrogens with one attached hydrogen (secondary N) is 1. The van der Waals surface area contributed by atoms with Crippen molar-refractivity contribution in [1.29, 1.82) is 0 Å². The number of pyridine rings is 1. The third-order valence-electron chi connectivity index (χ3n) is 5.08. The Balaban J connectivity index is 1.55. The molecule has 5 heteroatoms. The Bertz CT molecular complexity index is 955. The summed E-state index contributed by atoms with van der Waals surface area (Å²) in [6.45, 7) is 2.05. The van der Waals surface area contributed by atoms with Crippen LogP contribution in [0.25, 0.3) is 11.1 Å². The van der Waals surface area contributed by atoms with Crippen molar-refractivity contribution in [3.8, 4) is 11.1 Å². The molecule has 5 nitrogen and oxygen atoms in total. The normalized spacial score (nSPS) is 12.8. The summed E-state index contributed by atoms with van der Waals surface area (Å²) in [6.07, 6.45) is 4.44. The number of amides is 1. The number of fused-ring (bicyclic) bond motifs is 1. The van der Waals surface area contributed by atoms with Gasteiger partial charge in [0.1, 0.15) is 0 Å². The highest BCUT2D eigenvalue weighted by Crippen LogP contribution is 2.36. The van der Waals surface area contributed by atoms with Crippen LogP contribution >= 0.6 is 0 Å². The average Bonchev–Trinajstić information content (AvgIpc) is 3.19. The van der Waals surface area contributed by atoms with Gasteiger partial charge in [0.15, 0.2) is 0 Å². The minimum absolute atomic E-state index is 0.0282. The summed E-state index contributed by atoms with van der Waals surface area (Å²) in [6, 6.07) is 17.8. The molecular weight excluding hydrogens is 350 g/mol. The summed E-state index contributed by atoms with van der Waals surface area (Å²) >= 11 is 0. The van der Waals surface area contributed by atoms with Gasteiger partial charge in [0.2, 0.25) is 0 Å². The first-order chi connectivity index (χ1) is 13.8. The van der Waals surface area contributed by atoms with Crippen molar-refractivity contribution in [3.63, 3.8) is 0 Å². The molecule has 2 aromatic carbocycles. The molecule has 1 aromatic heterocycles. The molecule has 0 unspecified atom stereocenters. The SMILES string of the molecule is O=C(c1ccc(CNCCO)cc1)N1CCc2c(-c3ccncc3)cccc21. The fraction of sp³-hybridized carbons (Fsp3) is 0.217. The van der Waals surface area contributed by atoms with Crippen LogP contribution < -0.4 is 10.2 Å². The van der Waals surface area contributed by atoms with Gasteiger partial charge in [0.05, 0.1) is 6.61 Å². The maximum absolute atomic E-state index is 13.1. The summed E-state index contributed by atoms with van der Waals surface area (Å²) in [5.41, 5.74) is 6.28. The van der Waals surface area contributed by atoms with E-state index in [1.807, 2.05) is 53.4 Å². The molecule has 0 aliphatic carbocycles. The number of aliphatic hydroxyl groups excluding tert-OH is 1. The van der Waals surface area contributed by atoms with E-state index in [1.165, 1.54) is 11.1 Å². The van der Waals surface area contributed by atoms with Crippen LogP contribution in [0.1, 0.15) is 21.5 Å². The number of aliphatic hydroxyl groups is 1. The molecule has 3 aromatic rings. The molecule has 0 saturated heterocycles. The number of benzene rings is 2. The number of carbonyl (C=O) groups excluding carboxylic acids is 1. The van der Waals surface area contributed by atoms with Gasteiger partial charge in [-0.3, -0.25) is 9.78 Å². The van der Waals surface area contributed by atoms with Crippen LogP contribution in [-0.4, -0.2) is 35.7 Å². The van der Waals surface area contributed by atoms with Crippen molar-refractivity contribution in [2.45, 2.75) is 13.0 Å². The van der Waals surface area contributed by atoms with Crippen LogP contribution in [0.15, 0.2) is 67.0 Å². The number of anilines is 1. The molecule has 0 saturated carbocycles. The predicted octanol–water partition coefficient (Wildman–Crippen LogP) is 3.03. The quantitative estimate of drug-likeness (QED) is 0.652. The molecule has 1 aliphatic rings. The second kappa shape index (κ2) is 8.33. The van der Waals surface area contributed by atoms with Crippen LogP contribution in [-0.2, 0) is 13.0 Å². The summed E-state index contributed by atoms with van der Waals surface area (Å²) in [5, 5.41) is 12.0. The molecule has 0 spiro atoms. The zero-order valence-corrected chi connectivity index (χ0v) is 15.6. The zero-order chi connectivity index (χ0) is 19.3. The van der Waals surface area contributed by atoms with E-state index in [-0.39, 0.29) is 12.5 Å². The van der Waals surface area contributed by atoms with Gasteiger partial charge in [-0.25, -0.2) is 0 Å². The van der Waals surface area contributed by atoms with Gasteiger partial charge in [-0.05, 0) is 59.0 Å². The van der Waals surface area contributed by atoms with E-state index >= 15 is 0 Å². The van der Waals surface area contributed by atoms with E-state index in [0.717, 1.165) is 23.2 Å². The Morgan fingerprint density at radius 1 is 1.07 bits per heavy atom. The number of hydrogen-bond acceptors (Lipinski definition) is 4. The molecule has 0 bridgehead atoms. The molecule has 1 amide bonds. The van der Waals surface area contributed by atoms with Crippen LogP contribution in [0.2, 0.25) is 0 Å². The summed E-state index contributed by atoms with van der Waals surface area (Å²) in [5.74, 6) is 0.0282. The van der Waals surface area contributed by atoms with Crippen LogP contribution in [0.5, 0.6) is 0 Å². The van der Waals surface area contributed by atoms with Crippen molar-refractivity contribution >= 4 is 11.6 Å². The van der Waals surface area contributed by atoms with Gasteiger partial charge in [-0.15, -0.1) is 0 Å². The van der Waals surface area contributed by atoms with Gasteiger partial charge >= 0.3 is 0 Å². The lowest BCUT2D eigenvalue weighted by molar-refractivity contribution is 0.0989. The van der Waals surface area contributed by atoms with Crippen LogP contribution in [0, 0.1) is 0 Å². The van der Waals surface area contributed by atoms with E-state index in [0.29, 0.717) is 25.2 Å². The minimum atomic E-state index is 0.0282. The van der Waals surface area contributed by atoms with Gasteiger partial charge in [0.25, 0.3) is 5.91 Å². The lowest BCUT2D eigenvalue weighted by Gasteiger charge is -2.18. The third kappa shape index (κ3) is 3.67. The average molecular weight is 373 g/mol. The number of nitrogens with zero attached hydrogens (tertiary/aromatic N) is 2. The molecule has 1 aliphatic heterocycles. The molecule has 2 N–H and O–H groups in total. The monoisotopic (exact) mass is 373 g/mol. The van der Waals surface area contributed by atoms with Crippen molar-refractivity contribution in [1.82, 2.24) is 10.3 Å². The van der Waals surface area contributed by atoms with Gasteiger partial charge in [0, 0.05) is 43.3 Å². The first-order valence-corrected chi connectivity index (χ1v) is 9.52. The lowest BCUT2D eigenvalue weighted by Crippen LogP contribution is -2.28. The Kier molecular flexibility index (Phi) is 5.46. The zero-order valence-electron chi connectivity index (χ0n) is 15.6. The van der Waals surface area contributed by atoms with E-state index in [9.17, 15) is 4.79 Å². The van der Waals surface area contributed by atoms with Gasteiger partial charge < -0.3 is 15.3 Å². The second-order valence-corrected chi connectivity index (χ2v) is 6.84. The molecular formula is C23H23N3O2. The highest BCUT2D eigenvalue weighted by atomic mass is 16.3. The molecule has 0 fully saturated rings. The summed E-state index contributed by atoms with van der Waals surface area (Å²) in [4.78, 5) is 19.1. The van der Waals surface area contributed by atoms with Gasteiger partial charge in [-0.2, -0.15) is 0 Å². The molecule has 0 radical (unpaired) electrons. The Labute approximate surface area is 164 Å². The number of hydrogen-bond donors (Lipinski definition) is 2. The molecule has 28 heavy (non-hydrogen) atoms. The van der Waals surface area contributed by atoms with E-state index in [4.69, 9.17) is 5.11 Å². The highest BCUT2D eigenvalue weighted by molar-refractivity contribution is 6.07. The summed E-state index contributed by atoms with van der Waals surface area (Å²) in [7, 11) is 0. The first kappa shape index (κ1) is 18.3. The van der Waals surface area contributed by atoms with E-state index in [2.05, 4.69) is 16.4 Å². The van der Waals surface area contributed by atoms with E-state index in [1.54, 1.807) is 12.4 Å². The maximum atomic E-state index is 13.1. The molecule has 2 heterocycles. The largest absolute Gasteiger partial charge is 0.395 e. The van der Waals surface area contributed by atoms with E-state index < -0.39 is 0 Å². The van der Waals surface area contributed by atoms with Crippen molar-refractivity contribution < 1.29 is 9.90 Å². The molecule has 142 valence electrons. The highest BCUT2D eigenvalue weighted by Gasteiger charge is 2.27. The van der Waals surface area contributed by atoms with Crippen LogP contribution in [0.3, 0.4) is 0 Å². The second-order valence-electron chi connectivity index (χ2n) is 6.84. The number of rotatable bonds is 6. The summed E-state index contributed by atoms with van der Waals surface area (Å²) < 4.78 is 0. The Morgan fingerprint density at radius 2 is 1.86 bits per heavy atom. The Morgan fingerprint density at radius 3 is 2.61 bits per heavy atom. The predicted molar refractivity (Wildman–Crippen MR) is 110 cm³/mol. The maximum Gasteiger partial charge on any atom is 0.258 e. The Hall–Kier alpha value is -3.02. The fourth-order valence-electron chi connectivity index (χ4n) is 3.68. The number of carbonyl (C=O) groups is 1. The lowest BCUT2D eigenvalue weighted by atomic mass is 9.99. The number of aromatic nitrogens is 1. The van der Waals surface area contributed by atoms with Gasteiger partial charge in [-0.1, -0.05) is 24.3 Å². The van der Waals surface area contributed by atoms with Crippen molar-refractivity contribution in [2.75, 3.05) is 24.6 Å². The third-order valence-corrected chi connectivity index (χ3v) is 5.08. The van der Waals surface area contributed by atoms with Crippen molar-refractivity contribution in [3.05, 3.63) is 83.7 Å². The standard InChI is InChI=1S/C23H23N3O2/c27-15-13-25-16-17-4-6-19(7-5-17)23(28)26-14-10-21-20(2-1-3-22(21)26)18-8-11-24-12-9-18/h1-9,11-12,25,27H,10,13-16H2. The molecule has 0 atom stereocenters. The first-order valence-electron chi connectivity index (χ1n) is 9.52. The smallest absolute Gasteiger partial charge is 0.258 e. The van der Waals surface area contributed by atoms with Crippen LogP contribution in [0.4, 0.5) is 5.69 Å². The van der Waals surface area contributed by atoms with Crippen molar-refractivity contribution in [2.24, 2.45) is 0 Å². The fourth-order valence-corrected chi connectivity index (χ4v) is 3.68. The molecule has 4 rings (SSSR count).